The highest BCUT2D eigenvalue weighted by Gasteiger charge is 2.15. The van der Waals surface area contributed by atoms with Crippen molar-refractivity contribution in [1.29, 1.82) is 0 Å². The van der Waals surface area contributed by atoms with Crippen molar-refractivity contribution in [1.82, 2.24) is 39.5 Å². The lowest BCUT2D eigenvalue weighted by molar-refractivity contribution is -0.117. The lowest BCUT2D eigenvalue weighted by Gasteiger charge is -2.14. The summed E-state index contributed by atoms with van der Waals surface area (Å²) in [6.45, 7) is 6.15. The molecule has 0 saturated carbocycles. The Morgan fingerprint density at radius 2 is 2.18 bits per heavy atom. The van der Waals surface area contributed by atoms with Crippen LogP contribution in [0.4, 0.5) is 5.82 Å². The Balaban J connectivity index is 1.50. The maximum Gasteiger partial charge on any atom is 0.247 e. The second-order valence-corrected chi connectivity index (χ2v) is 6.67. The van der Waals surface area contributed by atoms with Gasteiger partial charge in [0.2, 0.25) is 5.91 Å². The number of carbonyl (C=O) groups is 1. The van der Waals surface area contributed by atoms with Gasteiger partial charge in [-0.1, -0.05) is 6.92 Å². The fourth-order valence-electron chi connectivity index (χ4n) is 3.00. The fourth-order valence-corrected chi connectivity index (χ4v) is 3.00. The van der Waals surface area contributed by atoms with E-state index in [-0.39, 0.29) is 18.5 Å². The number of amides is 1. The Bertz CT molecular complexity index is 1120. The summed E-state index contributed by atoms with van der Waals surface area (Å²) in [4.78, 5) is 28.1. The quantitative estimate of drug-likeness (QED) is 0.531. The van der Waals surface area contributed by atoms with E-state index in [1.165, 1.54) is 6.33 Å². The molecule has 2 N–H and O–H groups in total. The van der Waals surface area contributed by atoms with E-state index in [2.05, 4.69) is 49.3 Å². The molecular weight excluding hydrogens is 358 g/mol. The largest absolute Gasteiger partial charge is 0.341 e. The van der Waals surface area contributed by atoms with Crippen molar-refractivity contribution in [2.75, 3.05) is 5.32 Å². The first kappa shape index (κ1) is 17.8. The van der Waals surface area contributed by atoms with E-state index in [1.807, 2.05) is 17.7 Å². The summed E-state index contributed by atoms with van der Waals surface area (Å²) in [5, 5.41) is 11.7. The minimum Gasteiger partial charge on any atom is -0.341 e. The third-order valence-electron chi connectivity index (χ3n) is 4.57. The zero-order chi connectivity index (χ0) is 19.7. The van der Waals surface area contributed by atoms with Crippen LogP contribution in [0.3, 0.4) is 0 Å². The molecule has 0 radical (unpaired) electrons. The minimum absolute atomic E-state index is 0.0853. The summed E-state index contributed by atoms with van der Waals surface area (Å²) in [5.41, 5.74) is 3.66. The lowest BCUT2D eigenvalue weighted by Crippen LogP contribution is -2.22. The molecule has 4 heterocycles. The molecule has 0 spiro atoms. The summed E-state index contributed by atoms with van der Waals surface area (Å²) in [7, 11) is 0. The first-order chi connectivity index (χ1) is 13.5. The summed E-state index contributed by atoms with van der Waals surface area (Å²) >= 11 is 0. The van der Waals surface area contributed by atoms with Crippen LogP contribution in [0.25, 0.3) is 22.4 Å². The van der Waals surface area contributed by atoms with Crippen molar-refractivity contribution < 1.29 is 4.79 Å². The highest BCUT2D eigenvalue weighted by molar-refractivity contribution is 5.90. The van der Waals surface area contributed by atoms with E-state index in [4.69, 9.17) is 0 Å². The van der Waals surface area contributed by atoms with E-state index in [0.717, 1.165) is 23.2 Å². The van der Waals surface area contributed by atoms with Gasteiger partial charge in [-0.25, -0.2) is 19.6 Å². The number of nitrogens with one attached hydrogen (secondary N) is 2. The van der Waals surface area contributed by atoms with Crippen molar-refractivity contribution in [2.45, 2.75) is 39.8 Å². The van der Waals surface area contributed by atoms with Crippen molar-refractivity contribution in [3.8, 4) is 11.3 Å². The molecule has 1 amide bonds. The first-order valence-electron chi connectivity index (χ1n) is 9.08. The van der Waals surface area contributed by atoms with Gasteiger partial charge >= 0.3 is 0 Å². The number of hydrogen-bond donors (Lipinski definition) is 2. The van der Waals surface area contributed by atoms with Crippen LogP contribution >= 0.6 is 0 Å². The molecule has 144 valence electrons. The normalized spacial score (nSPS) is 12.4. The summed E-state index contributed by atoms with van der Waals surface area (Å²) < 4.78 is 3.42. The van der Waals surface area contributed by atoms with Crippen molar-refractivity contribution in [2.24, 2.45) is 0 Å². The van der Waals surface area contributed by atoms with E-state index in [9.17, 15) is 4.79 Å². The molecule has 0 aliphatic carbocycles. The molecule has 0 aromatic carbocycles. The molecule has 10 heteroatoms. The van der Waals surface area contributed by atoms with Crippen LogP contribution in [-0.4, -0.2) is 45.4 Å². The Kier molecular flexibility index (Phi) is 4.60. The third kappa shape index (κ3) is 3.36. The second-order valence-electron chi connectivity index (χ2n) is 6.67. The van der Waals surface area contributed by atoms with Gasteiger partial charge in [0, 0.05) is 17.8 Å². The van der Waals surface area contributed by atoms with Crippen LogP contribution < -0.4 is 5.32 Å². The number of carbonyl (C=O) groups excluding carboxylic acids is 1. The van der Waals surface area contributed by atoms with E-state index >= 15 is 0 Å². The minimum atomic E-state index is -0.173. The molecule has 4 aromatic rings. The number of H-pyrrole nitrogens is 1. The number of rotatable bonds is 6. The Hall–Kier alpha value is -3.56. The van der Waals surface area contributed by atoms with E-state index < -0.39 is 0 Å². The van der Waals surface area contributed by atoms with Crippen molar-refractivity contribution in [3.05, 3.63) is 36.8 Å². The molecule has 0 fully saturated rings. The number of aromatic nitrogens is 8. The third-order valence-corrected chi connectivity index (χ3v) is 4.57. The molecule has 4 aromatic heterocycles. The summed E-state index contributed by atoms with van der Waals surface area (Å²) in [6.07, 6.45) is 7.40. The SMILES string of the molecule is CC[C@@H](C)n1nc(C)cc1NC(=O)Cn1cc(-c2ncnc3nc[nH]c23)cn1. The highest BCUT2D eigenvalue weighted by Crippen LogP contribution is 2.22. The fraction of sp³-hybridized carbons (Fsp3) is 0.333. The van der Waals surface area contributed by atoms with Crippen LogP contribution in [0.2, 0.25) is 0 Å². The van der Waals surface area contributed by atoms with Crippen LogP contribution in [-0.2, 0) is 11.3 Å². The summed E-state index contributed by atoms with van der Waals surface area (Å²) in [5.74, 6) is 0.521. The summed E-state index contributed by atoms with van der Waals surface area (Å²) in [6, 6.07) is 2.07. The van der Waals surface area contributed by atoms with Gasteiger partial charge < -0.3 is 10.3 Å². The zero-order valence-corrected chi connectivity index (χ0v) is 15.9. The van der Waals surface area contributed by atoms with Gasteiger partial charge in [-0.3, -0.25) is 9.48 Å². The van der Waals surface area contributed by atoms with E-state index in [0.29, 0.717) is 17.2 Å². The van der Waals surface area contributed by atoms with Crippen LogP contribution in [0.15, 0.2) is 31.1 Å². The topological polar surface area (TPSA) is 119 Å². The molecule has 4 rings (SSSR count). The number of imidazole rings is 1. The number of aromatic amines is 1. The zero-order valence-electron chi connectivity index (χ0n) is 15.9. The molecule has 0 aliphatic heterocycles. The number of anilines is 1. The van der Waals surface area contributed by atoms with Gasteiger partial charge in [0.1, 0.15) is 29.9 Å². The molecule has 0 aliphatic rings. The molecule has 10 nitrogen and oxygen atoms in total. The average molecular weight is 379 g/mol. The molecular formula is C18H21N9O. The van der Waals surface area contributed by atoms with Crippen molar-refractivity contribution >= 4 is 22.9 Å². The second kappa shape index (κ2) is 7.22. The van der Waals surface area contributed by atoms with Crippen molar-refractivity contribution in [3.63, 3.8) is 0 Å². The predicted octanol–water partition coefficient (Wildman–Crippen LogP) is 2.33. The van der Waals surface area contributed by atoms with Gasteiger partial charge in [0.05, 0.1) is 24.3 Å². The Labute approximate surface area is 161 Å². The monoisotopic (exact) mass is 379 g/mol. The number of nitrogens with zero attached hydrogens (tertiary/aromatic N) is 7. The molecule has 0 bridgehead atoms. The Morgan fingerprint density at radius 1 is 1.32 bits per heavy atom. The molecule has 28 heavy (non-hydrogen) atoms. The van der Waals surface area contributed by atoms with Gasteiger partial charge in [-0.15, -0.1) is 0 Å². The maximum absolute atomic E-state index is 12.5. The maximum atomic E-state index is 12.5. The standard InChI is InChI=1S/C18H21N9O/c1-4-12(3)27-14(5-11(2)25-27)24-15(28)8-26-7-13(6-23-26)16-17-18(21-9-19-16)22-10-20-17/h5-7,9-10,12H,4,8H2,1-3H3,(H,24,28)(H,19,20,21,22)/t12-/m1/s1. The van der Waals surface area contributed by atoms with Crippen LogP contribution in [0.1, 0.15) is 32.0 Å². The highest BCUT2D eigenvalue weighted by atomic mass is 16.2. The van der Waals surface area contributed by atoms with E-state index in [1.54, 1.807) is 23.4 Å². The molecule has 0 unspecified atom stereocenters. The van der Waals surface area contributed by atoms with Crippen LogP contribution in [0, 0.1) is 6.92 Å². The van der Waals surface area contributed by atoms with Gasteiger partial charge in [0.15, 0.2) is 5.65 Å². The van der Waals surface area contributed by atoms with Crippen LogP contribution in [0.5, 0.6) is 0 Å². The smallest absolute Gasteiger partial charge is 0.247 e. The number of fused-ring (bicyclic) bond motifs is 1. The first-order valence-corrected chi connectivity index (χ1v) is 9.08. The molecule has 1 atom stereocenters. The Morgan fingerprint density at radius 3 is 3.00 bits per heavy atom. The predicted molar refractivity (Wildman–Crippen MR) is 104 cm³/mol. The number of hydrogen-bond acceptors (Lipinski definition) is 6. The lowest BCUT2D eigenvalue weighted by atomic mass is 10.2. The molecule has 0 saturated heterocycles. The van der Waals surface area contributed by atoms with Gasteiger partial charge in [-0.2, -0.15) is 10.2 Å². The van der Waals surface area contributed by atoms with Gasteiger partial charge in [-0.05, 0) is 20.3 Å². The average Bonchev–Trinajstić information content (AvgIpc) is 3.40. The van der Waals surface area contributed by atoms with Gasteiger partial charge in [0.25, 0.3) is 0 Å². The number of aryl methyl sites for hydroxylation is 1.